The van der Waals surface area contributed by atoms with Gasteiger partial charge >= 0.3 is 0 Å². The molecule has 3 rings (SSSR count). The van der Waals surface area contributed by atoms with Crippen molar-refractivity contribution < 1.29 is 23.0 Å². The van der Waals surface area contributed by atoms with E-state index in [1.807, 2.05) is 0 Å². The van der Waals surface area contributed by atoms with Crippen molar-refractivity contribution in [3.05, 3.63) is 48.4 Å². The Hall–Kier alpha value is -1.99. The number of halogens is 2. The fourth-order valence-electron chi connectivity index (χ4n) is 3.05. The highest BCUT2D eigenvalue weighted by atomic mass is 19.1. The summed E-state index contributed by atoms with van der Waals surface area (Å²) < 4.78 is 39.3. The van der Waals surface area contributed by atoms with Gasteiger partial charge in [0.1, 0.15) is 12.0 Å². The lowest BCUT2D eigenvalue weighted by Crippen LogP contribution is -2.55. The Balaban J connectivity index is 1.83. The van der Waals surface area contributed by atoms with Crippen LogP contribution in [0.1, 0.15) is 5.56 Å². The van der Waals surface area contributed by atoms with E-state index >= 15 is 4.39 Å². The number of hydrogen-bond donors (Lipinski definition) is 2. The van der Waals surface area contributed by atoms with E-state index in [9.17, 15) is 9.50 Å². The SMILES string of the molecule is OCC1CNCC(COc2cccnc2)C1(F)c1coc(F)c1. The van der Waals surface area contributed by atoms with Crippen molar-refractivity contribution in [1.82, 2.24) is 10.3 Å². The Morgan fingerprint density at radius 1 is 1.43 bits per heavy atom. The average molecular weight is 324 g/mol. The summed E-state index contributed by atoms with van der Waals surface area (Å²) in [6.07, 6.45) is 4.22. The second-order valence-corrected chi connectivity index (χ2v) is 5.64. The van der Waals surface area contributed by atoms with Crippen molar-refractivity contribution in [1.29, 1.82) is 0 Å². The molecule has 0 aliphatic carbocycles. The minimum Gasteiger partial charge on any atom is -0.491 e. The van der Waals surface area contributed by atoms with Crippen LogP contribution >= 0.6 is 0 Å². The maximum atomic E-state index is 15.8. The molecule has 1 aliphatic heterocycles. The lowest BCUT2D eigenvalue weighted by atomic mass is 9.72. The Morgan fingerprint density at radius 3 is 2.91 bits per heavy atom. The van der Waals surface area contributed by atoms with Crippen molar-refractivity contribution in [3.63, 3.8) is 0 Å². The molecule has 124 valence electrons. The minimum absolute atomic E-state index is 0.0679. The van der Waals surface area contributed by atoms with E-state index in [1.165, 1.54) is 6.20 Å². The molecule has 3 heterocycles. The predicted molar refractivity (Wildman–Crippen MR) is 78.1 cm³/mol. The maximum Gasteiger partial charge on any atom is 0.278 e. The number of aromatic nitrogens is 1. The molecular formula is C16H18F2N2O3. The first-order valence-electron chi connectivity index (χ1n) is 7.42. The zero-order chi connectivity index (χ0) is 16.3. The summed E-state index contributed by atoms with van der Waals surface area (Å²) in [4.78, 5) is 3.94. The molecule has 2 aromatic rings. The molecule has 2 N–H and O–H groups in total. The van der Waals surface area contributed by atoms with Crippen molar-refractivity contribution in [2.24, 2.45) is 11.8 Å². The van der Waals surface area contributed by atoms with E-state index in [0.29, 0.717) is 18.8 Å². The molecule has 3 atom stereocenters. The van der Waals surface area contributed by atoms with Gasteiger partial charge in [0.2, 0.25) is 0 Å². The molecule has 7 heteroatoms. The molecule has 5 nitrogen and oxygen atoms in total. The third-order valence-corrected chi connectivity index (χ3v) is 4.29. The maximum absolute atomic E-state index is 15.8. The second kappa shape index (κ2) is 6.64. The fraction of sp³-hybridized carbons (Fsp3) is 0.438. The van der Waals surface area contributed by atoms with Crippen LogP contribution in [-0.4, -0.2) is 36.4 Å². The number of furan rings is 1. The monoisotopic (exact) mass is 324 g/mol. The molecule has 1 fully saturated rings. The molecule has 0 spiro atoms. The average Bonchev–Trinajstić information content (AvgIpc) is 3.02. The van der Waals surface area contributed by atoms with E-state index in [0.717, 1.165) is 12.3 Å². The number of nitrogens with one attached hydrogen (secondary N) is 1. The van der Waals surface area contributed by atoms with E-state index in [2.05, 4.69) is 14.7 Å². The standard InChI is InChI=1S/C16H18F2N2O3/c17-15-4-11(9-23-15)16(18)12(8-21)5-20-6-13(16)10-22-14-2-1-3-19-7-14/h1-4,7,9,12-13,20-21H,5-6,8,10H2. The Bertz CT molecular complexity index is 637. The summed E-state index contributed by atoms with van der Waals surface area (Å²) in [7, 11) is 0. The van der Waals surface area contributed by atoms with Crippen LogP contribution in [0.5, 0.6) is 5.75 Å². The summed E-state index contributed by atoms with van der Waals surface area (Å²) in [5, 5.41) is 12.6. The van der Waals surface area contributed by atoms with Gasteiger partial charge in [-0.05, 0) is 12.1 Å². The Labute approximate surface area is 132 Å². The number of nitrogens with zero attached hydrogens (tertiary/aromatic N) is 1. The van der Waals surface area contributed by atoms with Crippen molar-refractivity contribution in [2.75, 3.05) is 26.3 Å². The van der Waals surface area contributed by atoms with Gasteiger partial charge < -0.3 is 19.6 Å². The molecule has 23 heavy (non-hydrogen) atoms. The summed E-state index contributed by atoms with van der Waals surface area (Å²) >= 11 is 0. The third-order valence-electron chi connectivity index (χ3n) is 4.29. The van der Waals surface area contributed by atoms with Crippen LogP contribution in [0, 0.1) is 17.8 Å². The number of aliphatic hydroxyl groups excluding tert-OH is 1. The number of rotatable bonds is 5. The molecule has 1 aliphatic rings. The van der Waals surface area contributed by atoms with Crippen molar-refractivity contribution in [3.8, 4) is 5.75 Å². The topological polar surface area (TPSA) is 67.5 Å². The second-order valence-electron chi connectivity index (χ2n) is 5.64. The summed E-state index contributed by atoms with van der Waals surface area (Å²) in [5.41, 5.74) is -1.84. The molecule has 0 aromatic carbocycles. The molecule has 3 unspecified atom stereocenters. The zero-order valence-electron chi connectivity index (χ0n) is 12.4. The first-order chi connectivity index (χ1) is 11.1. The minimum atomic E-state index is -1.93. The summed E-state index contributed by atoms with van der Waals surface area (Å²) in [6.45, 7) is 0.349. The van der Waals surface area contributed by atoms with Gasteiger partial charge in [-0.25, -0.2) is 4.39 Å². The Morgan fingerprint density at radius 2 is 2.26 bits per heavy atom. The van der Waals surface area contributed by atoms with E-state index in [4.69, 9.17) is 4.74 Å². The molecule has 0 saturated carbocycles. The van der Waals surface area contributed by atoms with Gasteiger partial charge in [-0.1, -0.05) is 0 Å². The van der Waals surface area contributed by atoms with E-state index in [-0.39, 0.29) is 18.8 Å². The van der Waals surface area contributed by atoms with Crippen LogP contribution in [0.15, 0.2) is 41.3 Å². The molecule has 0 amide bonds. The number of alkyl halides is 1. The van der Waals surface area contributed by atoms with Crippen LogP contribution < -0.4 is 10.1 Å². The van der Waals surface area contributed by atoms with Crippen LogP contribution in [0.3, 0.4) is 0 Å². The van der Waals surface area contributed by atoms with Crippen LogP contribution in [-0.2, 0) is 5.67 Å². The molecule has 1 saturated heterocycles. The smallest absolute Gasteiger partial charge is 0.278 e. The van der Waals surface area contributed by atoms with Crippen LogP contribution in [0.2, 0.25) is 0 Å². The first kappa shape index (κ1) is 15.9. The quantitative estimate of drug-likeness (QED) is 0.879. The largest absolute Gasteiger partial charge is 0.491 e. The summed E-state index contributed by atoms with van der Waals surface area (Å²) in [5.74, 6) is -0.791. The lowest BCUT2D eigenvalue weighted by molar-refractivity contribution is -0.0529. The molecule has 2 aromatic heterocycles. The molecule has 0 bridgehead atoms. The van der Waals surface area contributed by atoms with Gasteiger partial charge in [-0.15, -0.1) is 0 Å². The van der Waals surface area contributed by atoms with Crippen LogP contribution in [0.4, 0.5) is 8.78 Å². The number of piperidine rings is 1. The predicted octanol–water partition coefficient (Wildman–Crippen LogP) is 1.89. The number of ether oxygens (including phenoxy) is 1. The van der Waals surface area contributed by atoms with Crippen LogP contribution in [0.25, 0.3) is 0 Å². The van der Waals surface area contributed by atoms with Gasteiger partial charge in [0, 0.05) is 42.8 Å². The fourth-order valence-corrected chi connectivity index (χ4v) is 3.05. The molecule has 0 radical (unpaired) electrons. The zero-order valence-corrected chi connectivity index (χ0v) is 12.4. The molecular weight excluding hydrogens is 306 g/mol. The van der Waals surface area contributed by atoms with Gasteiger partial charge in [-0.2, -0.15) is 4.39 Å². The number of pyridine rings is 1. The van der Waals surface area contributed by atoms with E-state index < -0.39 is 23.5 Å². The normalized spacial score (nSPS) is 27.8. The highest BCUT2D eigenvalue weighted by Crippen LogP contribution is 2.43. The lowest BCUT2D eigenvalue weighted by Gasteiger charge is -2.42. The third kappa shape index (κ3) is 3.07. The Kier molecular flexibility index (Phi) is 4.58. The van der Waals surface area contributed by atoms with Gasteiger partial charge in [-0.3, -0.25) is 4.98 Å². The highest BCUT2D eigenvalue weighted by molar-refractivity contribution is 5.23. The first-order valence-corrected chi connectivity index (χ1v) is 7.42. The van der Waals surface area contributed by atoms with Crippen molar-refractivity contribution >= 4 is 0 Å². The van der Waals surface area contributed by atoms with Gasteiger partial charge in [0.15, 0.2) is 5.67 Å². The number of hydrogen-bond acceptors (Lipinski definition) is 5. The van der Waals surface area contributed by atoms with Gasteiger partial charge in [0.25, 0.3) is 6.01 Å². The highest BCUT2D eigenvalue weighted by Gasteiger charge is 2.51. The van der Waals surface area contributed by atoms with E-state index in [1.54, 1.807) is 18.3 Å². The number of aliphatic hydroxyl groups is 1. The van der Waals surface area contributed by atoms with Gasteiger partial charge in [0.05, 0.1) is 19.4 Å². The van der Waals surface area contributed by atoms with Crippen molar-refractivity contribution in [2.45, 2.75) is 5.67 Å². The summed E-state index contributed by atoms with van der Waals surface area (Å²) in [6, 6.07) is 3.63.